The topological polar surface area (TPSA) is 108 Å². The maximum Gasteiger partial charge on any atom is 0.321 e. The lowest BCUT2D eigenvalue weighted by atomic mass is 9.86. The minimum absolute atomic E-state index is 0.271. The number of anilines is 2. The van der Waals surface area contributed by atoms with Gasteiger partial charge >= 0.3 is 6.03 Å². The molecule has 2 heterocycles. The molecule has 4 amide bonds. The van der Waals surface area contributed by atoms with E-state index in [2.05, 4.69) is 26.5 Å². The maximum absolute atomic E-state index is 13.1. The van der Waals surface area contributed by atoms with Gasteiger partial charge in [0.1, 0.15) is 5.54 Å². The van der Waals surface area contributed by atoms with E-state index in [4.69, 9.17) is 6.42 Å². The lowest BCUT2D eigenvalue weighted by Crippen LogP contribution is -2.62. The average Bonchev–Trinajstić information content (AvgIpc) is 2.79. The van der Waals surface area contributed by atoms with Crippen molar-refractivity contribution in [2.24, 2.45) is 0 Å². The molecule has 0 saturated carbocycles. The van der Waals surface area contributed by atoms with Crippen LogP contribution in [0, 0.1) is 12.3 Å². The van der Waals surface area contributed by atoms with Gasteiger partial charge in [-0.3, -0.25) is 19.5 Å². The highest BCUT2D eigenvalue weighted by Crippen LogP contribution is 2.26. The summed E-state index contributed by atoms with van der Waals surface area (Å²) in [7, 11) is 1.58. The molecular weight excluding hydrogens is 384 g/mol. The van der Waals surface area contributed by atoms with Gasteiger partial charge in [0.25, 0.3) is 5.91 Å². The van der Waals surface area contributed by atoms with Crippen molar-refractivity contribution >= 4 is 29.9 Å². The number of hydrogen-bond donors (Lipinski definition) is 2. The van der Waals surface area contributed by atoms with E-state index >= 15 is 0 Å². The van der Waals surface area contributed by atoms with E-state index in [9.17, 15) is 14.4 Å². The molecule has 2 aromatic rings. The van der Waals surface area contributed by atoms with E-state index in [1.807, 2.05) is 0 Å². The lowest BCUT2D eigenvalue weighted by molar-refractivity contribution is -0.129. The average molecular weight is 406 g/mol. The number of likely N-dealkylation sites (N-methyl/N-ethyl adjacent to an activating group) is 1. The Labute approximate surface area is 174 Å². The van der Waals surface area contributed by atoms with Crippen LogP contribution in [0.2, 0.25) is 0 Å². The van der Waals surface area contributed by atoms with Gasteiger partial charge in [0.15, 0.2) is 5.82 Å². The van der Waals surface area contributed by atoms with Gasteiger partial charge in [-0.2, -0.15) is 0 Å². The molecular formula is C21H22N6O3. The van der Waals surface area contributed by atoms with E-state index in [1.165, 1.54) is 23.5 Å². The number of carbonyl (C=O) groups is 3. The van der Waals surface area contributed by atoms with Gasteiger partial charge in [0, 0.05) is 43.8 Å². The van der Waals surface area contributed by atoms with Crippen LogP contribution >= 0.6 is 0 Å². The normalized spacial score (nSPS) is 14.9. The summed E-state index contributed by atoms with van der Waals surface area (Å²) in [6.07, 6.45) is 10.9. The van der Waals surface area contributed by atoms with Gasteiger partial charge in [-0.1, -0.05) is 12.0 Å². The quantitative estimate of drug-likeness (QED) is 0.574. The van der Waals surface area contributed by atoms with Gasteiger partial charge in [-0.25, -0.2) is 9.78 Å². The number of nitrogens with zero attached hydrogens (tertiary/aromatic N) is 4. The number of urea groups is 1. The highest BCUT2D eigenvalue weighted by molar-refractivity contribution is 6.00. The fourth-order valence-corrected chi connectivity index (χ4v) is 3.40. The molecule has 2 N–H and O–H groups in total. The number of carbonyl (C=O) groups excluding carboxylic acids is 3. The second-order valence-electron chi connectivity index (χ2n) is 6.91. The predicted octanol–water partition coefficient (Wildman–Crippen LogP) is 1.23. The summed E-state index contributed by atoms with van der Waals surface area (Å²) >= 11 is 0. The van der Waals surface area contributed by atoms with Crippen molar-refractivity contribution in [3.63, 3.8) is 0 Å². The molecule has 3 rings (SSSR count). The molecule has 1 fully saturated rings. The molecule has 0 spiro atoms. The molecule has 1 aliphatic heterocycles. The third-order valence-electron chi connectivity index (χ3n) is 5.13. The Morgan fingerprint density at radius 1 is 1.30 bits per heavy atom. The molecule has 1 saturated heterocycles. The van der Waals surface area contributed by atoms with E-state index in [-0.39, 0.29) is 24.8 Å². The van der Waals surface area contributed by atoms with Gasteiger partial charge < -0.3 is 15.5 Å². The molecule has 0 aliphatic carbocycles. The molecule has 30 heavy (non-hydrogen) atoms. The zero-order chi connectivity index (χ0) is 21.6. The van der Waals surface area contributed by atoms with Crippen molar-refractivity contribution in [3.8, 4) is 12.3 Å². The summed E-state index contributed by atoms with van der Waals surface area (Å²) in [5.41, 5.74) is 0.142. The molecule has 1 aliphatic rings. The van der Waals surface area contributed by atoms with Crippen LogP contribution in [-0.4, -0.2) is 58.9 Å². The molecule has 154 valence electrons. The van der Waals surface area contributed by atoms with Crippen LogP contribution in [0.25, 0.3) is 0 Å². The van der Waals surface area contributed by atoms with Crippen molar-refractivity contribution in [1.29, 1.82) is 0 Å². The highest BCUT2D eigenvalue weighted by Gasteiger charge is 2.44. The van der Waals surface area contributed by atoms with Crippen LogP contribution in [0.4, 0.5) is 16.3 Å². The molecule has 1 aromatic heterocycles. The number of hydrogen-bond acceptors (Lipinski definition) is 5. The Hall–Kier alpha value is -3.93. The van der Waals surface area contributed by atoms with Crippen LogP contribution in [0.1, 0.15) is 18.4 Å². The minimum Gasteiger partial charge on any atom is -0.344 e. The number of likely N-dealkylation sites (tertiary alicyclic amines) is 1. The number of amides is 4. The smallest absolute Gasteiger partial charge is 0.321 e. The second kappa shape index (κ2) is 9.05. The van der Waals surface area contributed by atoms with E-state index < -0.39 is 5.54 Å². The van der Waals surface area contributed by atoms with E-state index in [1.54, 1.807) is 36.2 Å². The summed E-state index contributed by atoms with van der Waals surface area (Å²) in [6, 6.07) is 6.70. The Kier molecular flexibility index (Phi) is 6.27. The first kappa shape index (κ1) is 20.8. The third kappa shape index (κ3) is 4.38. The zero-order valence-corrected chi connectivity index (χ0v) is 16.5. The van der Waals surface area contributed by atoms with Gasteiger partial charge in [-0.05, 0) is 31.0 Å². The molecule has 1 aromatic carbocycles. The monoisotopic (exact) mass is 406 g/mol. The molecule has 0 atom stereocenters. The maximum atomic E-state index is 13.1. The SMILES string of the molecule is C#Cc1cccc(NC(=O)N2CCC(NC=O)(C(=O)N(C)c3cnccn3)CC2)c1. The fraction of sp³-hybridized carbons (Fsp3) is 0.286. The van der Waals surface area contributed by atoms with Crippen LogP contribution < -0.4 is 15.5 Å². The third-order valence-corrected chi connectivity index (χ3v) is 5.13. The van der Waals surface area contributed by atoms with Gasteiger partial charge in [-0.15, -0.1) is 6.42 Å². The number of benzene rings is 1. The number of nitrogens with one attached hydrogen (secondary N) is 2. The molecule has 0 unspecified atom stereocenters. The Morgan fingerprint density at radius 3 is 2.70 bits per heavy atom. The van der Waals surface area contributed by atoms with Gasteiger partial charge in [0.2, 0.25) is 6.41 Å². The lowest BCUT2D eigenvalue weighted by Gasteiger charge is -2.41. The summed E-state index contributed by atoms with van der Waals surface area (Å²) in [6.45, 7) is 0.586. The Balaban J connectivity index is 1.68. The predicted molar refractivity (Wildman–Crippen MR) is 112 cm³/mol. The summed E-state index contributed by atoms with van der Waals surface area (Å²) in [5.74, 6) is 2.59. The minimum atomic E-state index is -1.12. The fourth-order valence-electron chi connectivity index (χ4n) is 3.40. The molecule has 9 heteroatoms. The molecule has 0 radical (unpaired) electrons. The van der Waals surface area contributed by atoms with Crippen molar-refractivity contribution in [2.75, 3.05) is 30.4 Å². The second-order valence-corrected chi connectivity index (χ2v) is 6.91. The van der Waals surface area contributed by atoms with Crippen molar-refractivity contribution in [3.05, 3.63) is 48.4 Å². The van der Waals surface area contributed by atoms with Crippen molar-refractivity contribution < 1.29 is 14.4 Å². The van der Waals surface area contributed by atoms with E-state index in [0.717, 1.165) is 0 Å². The summed E-state index contributed by atoms with van der Waals surface area (Å²) < 4.78 is 0. The van der Waals surface area contributed by atoms with Crippen LogP contribution in [0.5, 0.6) is 0 Å². The first-order valence-corrected chi connectivity index (χ1v) is 9.37. The zero-order valence-electron chi connectivity index (χ0n) is 16.5. The highest BCUT2D eigenvalue weighted by atomic mass is 16.2. The van der Waals surface area contributed by atoms with Crippen molar-refractivity contribution in [1.82, 2.24) is 20.2 Å². The van der Waals surface area contributed by atoms with Crippen molar-refractivity contribution in [2.45, 2.75) is 18.4 Å². The summed E-state index contributed by atoms with van der Waals surface area (Å²) in [4.78, 5) is 48.1. The Bertz CT molecular complexity index is 964. The number of rotatable bonds is 5. The van der Waals surface area contributed by atoms with E-state index in [0.29, 0.717) is 36.6 Å². The first-order valence-electron chi connectivity index (χ1n) is 9.37. The number of piperidine rings is 1. The summed E-state index contributed by atoms with van der Waals surface area (Å²) in [5, 5.41) is 5.48. The van der Waals surface area contributed by atoms with Crippen LogP contribution in [-0.2, 0) is 9.59 Å². The largest absolute Gasteiger partial charge is 0.344 e. The Morgan fingerprint density at radius 2 is 2.07 bits per heavy atom. The standard InChI is InChI=1S/C21H22N6O3/c1-3-16-5-4-6-17(13-16)25-20(30)27-11-7-21(8-12-27,24-15-28)19(29)26(2)18-14-22-9-10-23-18/h1,4-6,9-10,13-15H,7-8,11-12H2,2H3,(H,24,28)(H,25,30). The molecule has 9 nitrogen and oxygen atoms in total. The molecule has 0 bridgehead atoms. The number of aromatic nitrogens is 2. The van der Waals surface area contributed by atoms with Crippen LogP contribution in [0.15, 0.2) is 42.9 Å². The van der Waals surface area contributed by atoms with Gasteiger partial charge in [0.05, 0.1) is 6.20 Å². The number of terminal acetylenes is 1. The first-order chi connectivity index (χ1) is 14.5. The van der Waals surface area contributed by atoms with Crippen LogP contribution in [0.3, 0.4) is 0 Å².